The molecule has 2 saturated heterocycles. The molecule has 1 aromatic rings. The van der Waals surface area contributed by atoms with Crippen molar-refractivity contribution in [1.82, 2.24) is 0 Å². The van der Waals surface area contributed by atoms with Crippen LogP contribution in [0, 0.1) is 0 Å². The van der Waals surface area contributed by atoms with Crippen LogP contribution >= 0.6 is 0 Å². The first-order chi connectivity index (χ1) is 7.92. The van der Waals surface area contributed by atoms with Crippen molar-refractivity contribution in [3.05, 3.63) is 24.3 Å². The molecule has 0 unspecified atom stereocenters. The van der Waals surface area contributed by atoms with Crippen molar-refractivity contribution in [2.24, 2.45) is 0 Å². The standard InChI is InChI=1S/C13H18N2O/c1-2-8-15(7-1)13-5-3-11(4-6-13)14-12-9-16-10-12/h3-6,12,14H,1-2,7-10H2. The molecule has 2 heterocycles. The summed E-state index contributed by atoms with van der Waals surface area (Å²) in [5.41, 5.74) is 2.56. The van der Waals surface area contributed by atoms with Crippen LogP contribution in [0.1, 0.15) is 12.8 Å². The average molecular weight is 218 g/mol. The highest BCUT2D eigenvalue weighted by Crippen LogP contribution is 2.22. The molecule has 0 saturated carbocycles. The Hall–Kier alpha value is -1.22. The summed E-state index contributed by atoms with van der Waals surface area (Å²) >= 11 is 0. The van der Waals surface area contributed by atoms with Gasteiger partial charge in [-0.3, -0.25) is 0 Å². The van der Waals surface area contributed by atoms with Gasteiger partial charge in [0.15, 0.2) is 0 Å². The second kappa shape index (κ2) is 4.34. The normalized spacial score (nSPS) is 20.9. The van der Waals surface area contributed by atoms with E-state index in [2.05, 4.69) is 34.5 Å². The summed E-state index contributed by atoms with van der Waals surface area (Å²) in [5.74, 6) is 0. The molecule has 0 bridgehead atoms. The van der Waals surface area contributed by atoms with Crippen LogP contribution in [-0.4, -0.2) is 32.3 Å². The first-order valence-corrected chi connectivity index (χ1v) is 6.11. The molecule has 0 amide bonds. The van der Waals surface area contributed by atoms with Crippen molar-refractivity contribution in [1.29, 1.82) is 0 Å². The van der Waals surface area contributed by atoms with Gasteiger partial charge in [0.2, 0.25) is 0 Å². The van der Waals surface area contributed by atoms with Crippen LogP contribution in [0.25, 0.3) is 0 Å². The third-order valence-electron chi connectivity index (χ3n) is 3.35. The van der Waals surface area contributed by atoms with Crippen molar-refractivity contribution in [2.45, 2.75) is 18.9 Å². The van der Waals surface area contributed by atoms with Gasteiger partial charge in [-0.25, -0.2) is 0 Å². The van der Waals surface area contributed by atoms with Gasteiger partial charge in [-0.1, -0.05) is 0 Å². The summed E-state index contributed by atoms with van der Waals surface area (Å²) < 4.78 is 5.14. The molecular weight excluding hydrogens is 200 g/mol. The van der Waals surface area contributed by atoms with Crippen molar-refractivity contribution in [2.75, 3.05) is 36.5 Å². The van der Waals surface area contributed by atoms with E-state index in [4.69, 9.17) is 4.74 Å². The predicted octanol–water partition coefficient (Wildman–Crippen LogP) is 2.10. The van der Waals surface area contributed by atoms with E-state index in [-0.39, 0.29) is 0 Å². The average Bonchev–Trinajstić information content (AvgIpc) is 2.78. The Balaban J connectivity index is 1.64. The molecule has 1 N–H and O–H groups in total. The molecule has 0 atom stereocenters. The molecule has 2 fully saturated rings. The first-order valence-electron chi connectivity index (χ1n) is 6.11. The summed E-state index contributed by atoms with van der Waals surface area (Å²) in [7, 11) is 0. The van der Waals surface area contributed by atoms with Crippen LogP contribution < -0.4 is 10.2 Å². The molecule has 3 heteroatoms. The molecule has 1 aromatic carbocycles. The molecule has 3 nitrogen and oxygen atoms in total. The summed E-state index contributed by atoms with van der Waals surface area (Å²) in [6, 6.07) is 9.29. The highest BCUT2D eigenvalue weighted by Gasteiger charge is 2.17. The van der Waals surface area contributed by atoms with E-state index in [1.54, 1.807) is 0 Å². The SMILES string of the molecule is c1cc(N2CCCC2)ccc1NC1COC1. The number of hydrogen-bond acceptors (Lipinski definition) is 3. The van der Waals surface area contributed by atoms with Crippen LogP contribution in [-0.2, 0) is 4.74 Å². The summed E-state index contributed by atoms with van der Waals surface area (Å²) in [6.45, 7) is 4.11. The van der Waals surface area contributed by atoms with Gasteiger partial charge in [0, 0.05) is 24.5 Å². The van der Waals surface area contributed by atoms with Gasteiger partial charge in [0.25, 0.3) is 0 Å². The Kier molecular flexibility index (Phi) is 2.70. The maximum atomic E-state index is 5.14. The fourth-order valence-electron chi connectivity index (χ4n) is 2.30. The Labute approximate surface area is 96.4 Å². The third kappa shape index (κ3) is 2.00. The number of benzene rings is 1. The lowest BCUT2D eigenvalue weighted by Crippen LogP contribution is -2.40. The second-order valence-corrected chi connectivity index (χ2v) is 4.62. The van der Waals surface area contributed by atoms with Gasteiger partial charge in [-0.15, -0.1) is 0 Å². The number of anilines is 2. The molecule has 86 valence electrons. The number of ether oxygens (including phenoxy) is 1. The molecule has 2 aliphatic rings. The quantitative estimate of drug-likeness (QED) is 0.841. The highest BCUT2D eigenvalue weighted by atomic mass is 16.5. The van der Waals surface area contributed by atoms with Crippen LogP contribution in [0.3, 0.4) is 0 Å². The molecule has 0 aliphatic carbocycles. The lowest BCUT2D eigenvalue weighted by molar-refractivity contribution is 0.0211. The molecule has 3 rings (SSSR count). The van der Waals surface area contributed by atoms with Gasteiger partial charge in [-0.2, -0.15) is 0 Å². The molecule has 0 aromatic heterocycles. The zero-order chi connectivity index (χ0) is 10.8. The minimum Gasteiger partial charge on any atom is -0.378 e. The van der Waals surface area contributed by atoms with E-state index in [0.717, 1.165) is 13.2 Å². The van der Waals surface area contributed by atoms with Gasteiger partial charge in [-0.05, 0) is 37.1 Å². The number of hydrogen-bond donors (Lipinski definition) is 1. The summed E-state index contributed by atoms with van der Waals surface area (Å²) in [5, 5.41) is 3.45. The van der Waals surface area contributed by atoms with E-state index in [9.17, 15) is 0 Å². The Morgan fingerprint density at radius 3 is 2.31 bits per heavy atom. The van der Waals surface area contributed by atoms with Crippen molar-refractivity contribution < 1.29 is 4.74 Å². The molecule has 0 spiro atoms. The maximum Gasteiger partial charge on any atom is 0.0728 e. The highest BCUT2D eigenvalue weighted by molar-refractivity contribution is 5.55. The van der Waals surface area contributed by atoms with Crippen molar-refractivity contribution in [3.63, 3.8) is 0 Å². The molecule has 16 heavy (non-hydrogen) atoms. The number of nitrogens with one attached hydrogen (secondary N) is 1. The largest absolute Gasteiger partial charge is 0.378 e. The lowest BCUT2D eigenvalue weighted by atomic mass is 10.2. The number of rotatable bonds is 3. The van der Waals surface area contributed by atoms with E-state index >= 15 is 0 Å². The predicted molar refractivity (Wildman–Crippen MR) is 66.1 cm³/mol. The zero-order valence-electron chi connectivity index (χ0n) is 9.48. The topological polar surface area (TPSA) is 24.5 Å². The maximum absolute atomic E-state index is 5.14. The zero-order valence-corrected chi connectivity index (χ0v) is 9.48. The monoisotopic (exact) mass is 218 g/mol. The molecular formula is C13H18N2O. The third-order valence-corrected chi connectivity index (χ3v) is 3.35. The van der Waals surface area contributed by atoms with E-state index in [0.29, 0.717) is 6.04 Å². The van der Waals surface area contributed by atoms with Gasteiger partial charge < -0.3 is 15.0 Å². The summed E-state index contributed by atoms with van der Waals surface area (Å²) in [4.78, 5) is 2.45. The van der Waals surface area contributed by atoms with Crippen molar-refractivity contribution >= 4 is 11.4 Å². The van der Waals surface area contributed by atoms with E-state index in [1.165, 1.54) is 37.3 Å². The smallest absolute Gasteiger partial charge is 0.0728 e. The minimum absolute atomic E-state index is 0.512. The van der Waals surface area contributed by atoms with Crippen molar-refractivity contribution in [3.8, 4) is 0 Å². The first kappa shape index (κ1) is 9.97. The van der Waals surface area contributed by atoms with Crippen LogP contribution in [0.2, 0.25) is 0 Å². The van der Waals surface area contributed by atoms with Crippen LogP contribution in [0.4, 0.5) is 11.4 Å². The van der Waals surface area contributed by atoms with Gasteiger partial charge in [0.05, 0.1) is 19.3 Å². The fourth-order valence-corrected chi connectivity index (χ4v) is 2.30. The lowest BCUT2D eigenvalue weighted by Gasteiger charge is -2.28. The fraction of sp³-hybridized carbons (Fsp3) is 0.538. The minimum atomic E-state index is 0.512. The Morgan fingerprint density at radius 1 is 1.06 bits per heavy atom. The van der Waals surface area contributed by atoms with E-state index in [1.807, 2.05) is 0 Å². The Morgan fingerprint density at radius 2 is 1.75 bits per heavy atom. The Bertz CT molecular complexity index is 339. The summed E-state index contributed by atoms with van der Waals surface area (Å²) in [6.07, 6.45) is 2.67. The number of nitrogens with zero attached hydrogens (tertiary/aromatic N) is 1. The van der Waals surface area contributed by atoms with Gasteiger partial charge in [0.1, 0.15) is 0 Å². The van der Waals surface area contributed by atoms with E-state index < -0.39 is 0 Å². The molecule has 2 aliphatic heterocycles. The van der Waals surface area contributed by atoms with Crippen LogP contribution in [0.5, 0.6) is 0 Å². The second-order valence-electron chi connectivity index (χ2n) is 4.62. The molecule has 0 radical (unpaired) electrons. The van der Waals surface area contributed by atoms with Crippen LogP contribution in [0.15, 0.2) is 24.3 Å². The van der Waals surface area contributed by atoms with Gasteiger partial charge >= 0.3 is 0 Å².